The minimum absolute atomic E-state index is 0.0793. The number of nitrogen functional groups attached to an aromatic ring is 1. The Hall–Kier alpha value is -6.51. The molecule has 1 fully saturated rings. The van der Waals surface area contributed by atoms with E-state index in [9.17, 15) is 4.79 Å². The van der Waals surface area contributed by atoms with Crippen molar-refractivity contribution in [3.63, 3.8) is 0 Å². The van der Waals surface area contributed by atoms with E-state index in [2.05, 4.69) is 70.6 Å². The minimum atomic E-state index is -0.505. The van der Waals surface area contributed by atoms with Crippen molar-refractivity contribution in [3.8, 4) is 0 Å². The van der Waals surface area contributed by atoms with Crippen LogP contribution >= 0.6 is 0 Å². The highest BCUT2D eigenvalue weighted by Crippen LogP contribution is 2.37. The zero-order chi connectivity index (χ0) is 39.0. The zero-order valence-electron chi connectivity index (χ0n) is 32.2. The van der Waals surface area contributed by atoms with Gasteiger partial charge in [-0.1, -0.05) is 72.8 Å². The van der Waals surface area contributed by atoms with Gasteiger partial charge in [0, 0.05) is 12.2 Å². The molecule has 284 valence electrons. The van der Waals surface area contributed by atoms with Crippen molar-refractivity contribution in [3.05, 3.63) is 197 Å². The van der Waals surface area contributed by atoms with E-state index in [1.165, 1.54) is 16.7 Å². The number of ether oxygens (including phenoxy) is 1. The lowest BCUT2D eigenvalue weighted by Crippen LogP contribution is -2.48. The number of hydrogen-bond donors (Lipinski definition) is 1. The van der Waals surface area contributed by atoms with Crippen LogP contribution in [-0.2, 0) is 27.8 Å². The molecule has 3 aromatic carbocycles. The molecular weight excluding hydrogens is 705 g/mol. The first kappa shape index (κ1) is 37.4. The topological polar surface area (TPSA) is 105 Å². The number of carbonyl (C=O) groups excluding carboxylic acids is 1. The summed E-state index contributed by atoms with van der Waals surface area (Å²) in [6, 6.07) is 28.7. The number of rotatable bonds is 8. The maximum Gasteiger partial charge on any atom is 0.316 e. The van der Waals surface area contributed by atoms with E-state index in [1.807, 2.05) is 98.0 Å². The number of fused-ring (bicyclic) bond motifs is 4. The number of anilines is 1. The second-order valence-corrected chi connectivity index (χ2v) is 14.7. The summed E-state index contributed by atoms with van der Waals surface area (Å²) < 4.78 is 5.45. The van der Waals surface area contributed by atoms with E-state index < -0.39 is 5.41 Å². The Morgan fingerprint density at radius 2 is 1.21 bits per heavy atom. The molecule has 6 heterocycles. The highest BCUT2D eigenvalue weighted by molar-refractivity contribution is 6.15. The first-order valence-electron chi connectivity index (χ1n) is 19.7. The Bertz CT molecular complexity index is 2390. The van der Waals surface area contributed by atoms with Gasteiger partial charge in [0.05, 0.1) is 57.7 Å². The molecule has 8 bridgehead atoms. The van der Waals surface area contributed by atoms with Gasteiger partial charge in [0.1, 0.15) is 0 Å². The largest absolute Gasteiger partial charge is 0.465 e. The van der Waals surface area contributed by atoms with Crippen LogP contribution in [0.15, 0.2) is 200 Å². The van der Waals surface area contributed by atoms with Crippen LogP contribution in [0.25, 0.3) is 0 Å². The van der Waals surface area contributed by atoms with Gasteiger partial charge in [-0.25, -0.2) is 20.0 Å². The molecule has 8 heteroatoms. The molecular formula is C49H46N6O2. The summed E-state index contributed by atoms with van der Waals surface area (Å²) in [6.07, 6.45) is 25.7. The molecule has 0 saturated carbocycles. The van der Waals surface area contributed by atoms with Gasteiger partial charge < -0.3 is 15.4 Å². The molecule has 2 N–H and O–H groups in total. The fourth-order valence-electron chi connectivity index (χ4n) is 7.68. The maximum atomic E-state index is 12.8. The molecule has 1 saturated heterocycles. The number of hydrogen-bond acceptors (Lipinski definition) is 8. The van der Waals surface area contributed by atoms with Crippen LogP contribution in [0.3, 0.4) is 0 Å². The molecule has 6 aliphatic heterocycles. The van der Waals surface area contributed by atoms with Crippen LogP contribution < -0.4 is 5.73 Å². The number of piperidine rings is 1. The number of carbonyl (C=O) groups is 1. The third-order valence-corrected chi connectivity index (χ3v) is 10.8. The molecule has 9 rings (SSSR count). The number of nitrogens with two attached hydrogens (primary N) is 1. The number of allylic oxidation sites excluding steroid dienone is 12. The molecule has 3 aromatic rings. The average molecular weight is 751 g/mol. The fourth-order valence-corrected chi connectivity index (χ4v) is 7.68. The van der Waals surface area contributed by atoms with Crippen molar-refractivity contribution < 1.29 is 9.53 Å². The highest BCUT2D eigenvalue weighted by atomic mass is 16.5. The number of aliphatic imine (C=N–C) groups is 4. The molecule has 0 amide bonds. The second-order valence-electron chi connectivity index (χ2n) is 14.7. The summed E-state index contributed by atoms with van der Waals surface area (Å²) >= 11 is 0. The molecule has 57 heavy (non-hydrogen) atoms. The lowest BCUT2D eigenvalue weighted by atomic mass is 9.72. The lowest BCUT2D eigenvalue weighted by molar-refractivity contribution is -0.152. The first-order chi connectivity index (χ1) is 27.9. The standard InChI is InChI=1S/C27H18N4.C22H28N2O2/c1-2-4-18(5-3-1)12-19-13-26-16-24-9-8-22(29-24)14-20-6-7-21(28-20)15-23-10-11-25(30-23)17-27(19)31-26;1-2-26-21(25)22(19-6-4-3-5-7-19)13-16-24(17-14-22)15-12-18-8-10-20(23)11-9-18/h1-11,13-17H,12H2;3-11H,2,12-17,23H2,1H3. The van der Waals surface area contributed by atoms with E-state index in [0.29, 0.717) is 6.61 Å². The minimum Gasteiger partial charge on any atom is -0.465 e. The van der Waals surface area contributed by atoms with Gasteiger partial charge >= 0.3 is 5.97 Å². The summed E-state index contributed by atoms with van der Waals surface area (Å²) in [5.74, 6) is -0.0793. The lowest BCUT2D eigenvalue weighted by Gasteiger charge is -2.40. The zero-order valence-corrected chi connectivity index (χ0v) is 32.2. The summed E-state index contributed by atoms with van der Waals surface area (Å²) in [6.45, 7) is 5.11. The van der Waals surface area contributed by atoms with E-state index in [4.69, 9.17) is 25.4 Å². The Balaban J connectivity index is 0.000000163. The predicted octanol–water partition coefficient (Wildman–Crippen LogP) is 8.60. The summed E-state index contributed by atoms with van der Waals surface area (Å²) in [7, 11) is 0. The Morgan fingerprint density at radius 1 is 0.649 bits per heavy atom. The van der Waals surface area contributed by atoms with Crippen LogP contribution in [0, 0.1) is 0 Å². The molecule has 0 aromatic heterocycles. The van der Waals surface area contributed by atoms with Gasteiger partial charge in [0.25, 0.3) is 0 Å². The van der Waals surface area contributed by atoms with Gasteiger partial charge in [-0.15, -0.1) is 0 Å². The van der Waals surface area contributed by atoms with Crippen LogP contribution in [0.1, 0.15) is 36.5 Å². The van der Waals surface area contributed by atoms with E-state index in [-0.39, 0.29) is 5.97 Å². The molecule has 0 radical (unpaired) electrons. The molecule has 0 atom stereocenters. The van der Waals surface area contributed by atoms with Gasteiger partial charge in [-0.2, -0.15) is 0 Å². The molecule has 0 unspecified atom stereocenters. The Labute approximate surface area is 334 Å². The fraction of sp³-hybridized carbons (Fsp3) is 0.204. The van der Waals surface area contributed by atoms with Crippen molar-refractivity contribution >= 4 is 34.5 Å². The third-order valence-electron chi connectivity index (χ3n) is 10.8. The van der Waals surface area contributed by atoms with E-state index in [1.54, 1.807) is 0 Å². The van der Waals surface area contributed by atoms with Gasteiger partial charge in [-0.3, -0.25) is 4.79 Å². The summed E-state index contributed by atoms with van der Waals surface area (Å²) in [5, 5.41) is 0. The van der Waals surface area contributed by atoms with Crippen molar-refractivity contribution in [2.75, 3.05) is 32.0 Å². The smallest absolute Gasteiger partial charge is 0.316 e. The van der Waals surface area contributed by atoms with E-state index in [0.717, 1.165) is 102 Å². The number of likely N-dealkylation sites (tertiary alicyclic amines) is 1. The van der Waals surface area contributed by atoms with Crippen molar-refractivity contribution in [2.24, 2.45) is 20.0 Å². The quantitative estimate of drug-likeness (QED) is 0.184. The van der Waals surface area contributed by atoms with Crippen molar-refractivity contribution in [1.29, 1.82) is 0 Å². The third kappa shape index (κ3) is 9.14. The van der Waals surface area contributed by atoms with E-state index >= 15 is 0 Å². The van der Waals surface area contributed by atoms with Crippen molar-refractivity contribution in [1.82, 2.24) is 4.90 Å². The van der Waals surface area contributed by atoms with Crippen LogP contribution in [0.5, 0.6) is 0 Å². The number of benzene rings is 3. The highest BCUT2D eigenvalue weighted by Gasteiger charge is 2.44. The molecule has 0 spiro atoms. The van der Waals surface area contributed by atoms with Crippen molar-refractivity contribution in [2.45, 2.75) is 38.0 Å². The van der Waals surface area contributed by atoms with Crippen LogP contribution in [-0.4, -0.2) is 60.0 Å². The second kappa shape index (κ2) is 17.1. The summed E-state index contributed by atoms with van der Waals surface area (Å²) in [4.78, 5) is 34.2. The first-order valence-corrected chi connectivity index (χ1v) is 19.7. The van der Waals surface area contributed by atoms with Crippen LogP contribution in [0.2, 0.25) is 0 Å². The molecule has 8 nitrogen and oxygen atoms in total. The number of esters is 1. The summed E-state index contributed by atoms with van der Waals surface area (Å²) in [5.41, 5.74) is 18.0. The monoisotopic (exact) mass is 750 g/mol. The molecule has 0 aliphatic carbocycles. The SMILES string of the molecule is C1=CC2=NC1=CC1=NC(=CC3=NC(=CC4=NC(=C2)C=C4)C(Cc2ccccc2)=C3)C=C1.CCOC(=O)C1(c2ccccc2)CCN(CCc2ccc(N)cc2)CC1. The van der Waals surface area contributed by atoms with Gasteiger partial charge in [0.2, 0.25) is 0 Å². The normalized spacial score (nSPS) is 18.9. The number of nitrogens with zero attached hydrogens (tertiary/aromatic N) is 5. The molecule has 6 aliphatic rings. The maximum absolute atomic E-state index is 12.8. The van der Waals surface area contributed by atoms with Gasteiger partial charge in [-0.05, 0) is 147 Å². The predicted molar refractivity (Wildman–Crippen MR) is 233 cm³/mol. The van der Waals surface area contributed by atoms with Crippen LogP contribution in [0.4, 0.5) is 5.69 Å². The van der Waals surface area contributed by atoms with Gasteiger partial charge in [0.15, 0.2) is 0 Å². The Kier molecular flexibility index (Phi) is 11.2. The Morgan fingerprint density at radius 3 is 1.81 bits per heavy atom. The average Bonchev–Trinajstić information content (AvgIpc) is 4.06.